The maximum atomic E-state index is 12.7. The first-order valence-corrected chi connectivity index (χ1v) is 6.92. The number of carbonyl (C=O) groups excluding carboxylic acids is 3. The van der Waals surface area contributed by atoms with E-state index >= 15 is 0 Å². The van der Waals surface area contributed by atoms with E-state index in [9.17, 15) is 14.4 Å². The van der Waals surface area contributed by atoms with Gasteiger partial charge in [-0.3, -0.25) is 24.6 Å². The molecule has 21 heavy (non-hydrogen) atoms. The van der Waals surface area contributed by atoms with Gasteiger partial charge in [0.05, 0.1) is 0 Å². The molecule has 3 rings (SSSR count). The molecule has 2 atom stereocenters. The second kappa shape index (κ2) is 4.96. The van der Waals surface area contributed by atoms with Crippen molar-refractivity contribution < 1.29 is 14.4 Å². The number of hydrogen-bond acceptors (Lipinski definition) is 4. The zero-order valence-corrected chi connectivity index (χ0v) is 12.0. The predicted octanol–water partition coefficient (Wildman–Crippen LogP) is 0.508. The van der Waals surface area contributed by atoms with Crippen LogP contribution in [0.15, 0.2) is 24.3 Å². The molecule has 1 N–H and O–H groups in total. The third-order valence-electron chi connectivity index (χ3n) is 4.00. The van der Waals surface area contributed by atoms with E-state index in [2.05, 4.69) is 5.32 Å². The SMILES string of the molecule is CN(C)C1c2ccccc2C(=O)N1C1CCC(=O)NC1=O. The molecule has 0 radical (unpaired) electrons. The van der Waals surface area contributed by atoms with Gasteiger partial charge in [0, 0.05) is 17.5 Å². The van der Waals surface area contributed by atoms with E-state index < -0.39 is 6.04 Å². The van der Waals surface area contributed by atoms with Gasteiger partial charge in [0.15, 0.2) is 0 Å². The van der Waals surface area contributed by atoms with Gasteiger partial charge in [-0.1, -0.05) is 18.2 Å². The van der Waals surface area contributed by atoms with Gasteiger partial charge in [-0.25, -0.2) is 0 Å². The zero-order valence-electron chi connectivity index (χ0n) is 12.0. The number of nitrogens with one attached hydrogen (secondary N) is 1. The molecule has 0 aromatic heterocycles. The van der Waals surface area contributed by atoms with E-state index in [0.29, 0.717) is 12.0 Å². The smallest absolute Gasteiger partial charge is 0.256 e. The highest BCUT2D eigenvalue weighted by molar-refractivity contribution is 6.05. The normalized spacial score (nSPS) is 25.3. The summed E-state index contributed by atoms with van der Waals surface area (Å²) in [6.07, 6.45) is 0.350. The molecule has 0 saturated carbocycles. The van der Waals surface area contributed by atoms with Crippen molar-refractivity contribution in [1.82, 2.24) is 15.1 Å². The number of nitrogens with zero attached hydrogens (tertiary/aromatic N) is 2. The lowest BCUT2D eigenvalue weighted by Gasteiger charge is -2.37. The number of fused-ring (bicyclic) bond motifs is 1. The van der Waals surface area contributed by atoms with E-state index in [4.69, 9.17) is 0 Å². The van der Waals surface area contributed by atoms with E-state index in [0.717, 1.165) is 5.56 Å². The summed E-state index contributed by atoms with van der Waals surface area (Å²) in [4.78, 5) is 39.6. The number of amides is 3. The standard InChI is InChI=1S/C15H17N3O3/c1-17(2)14-9-5-3-4-6-10(9)15(21)18(14)11-7-8-12(19)16-13(11)20/h3-6,11,14H,7-8H2,1-2H3,(H,16,19,20). The molecular weight excluding hydrogens is 270 g/mol. The minimum absolute atomic E-state index is 0.154. The Kier molecular flexibility index (Phi) is 3.25. The highest BCUT2D eigenvalue weighted by Crippen LogP contribution is 2.37. The Morgan fingerprint density at radius 3 is 2.57 bits per heavy atom. The number of rotatable bonds is 2. The van der Waals surface area contributed by atoms with Crippen molar-refractivity contribution >= 4 is 17.7 Å². The maximum Gasteiger partial charge on any atom is 0.256 e. The highest BCUT2D eigenvalue weighted by atomic mass is 16.2. The largest absolute Gasteiger partial charge is 0.307 e. The summed E-state index contributed by atoms with van der Waals surface area (Å²) in [5.41, 5.74) is 1.53. The fourth-order valence-electron chi connectivity index (χ4n) is 3.10. The first kappa shape index (κ1) is 13.8. The molecule has 110 valence electrons. The van der Waals surface area contributed by atoms with Gasteiger partial charge in [-0.2, -0.15) is 0 Å². The summed E-state index contributed by atoms with van der Waals surface area (Å²) in [5.74, 6) is -0.820. The zero-order chi connectivity index (χ0) is 15.1. The lowest BCUT2D eigenvalue weighted by atomic mass is 10.0. The molecule has 0 bridgehead atoms. The number of carbonyl (C=O) groups is 3. The first-order valence-electron chi connectivity index (χ1n) is 6.92. The van der Waals surface area contributed by atoms with E-state index in [1.807, 2.05) is 37.2 Å². The topological polar surface area (TPSA) is 69.7 Å². The van der Waals surface area contributed by atoms with Crippen molar-refractivity contribution in [2.75, 3.05) is 14.1 Å². The quantitative estimate of drug-likeness (QED) is 0.805. The monoisotopic (exact) mass is 287 g/mol. The maximum absolute atomic E-state index is 12.7. The van der Waals surface area contributed by atoms with E-state index in [1.165, 1.54) is 0 Å². The molecule has 3 amide bonds. The molecule has 1 saturated heterocycles. The van der Waals surface area contributed by atoms with Crippen LogP contribution in [0.25, 0.3) is 0 Å². The summed E-state index contributed by atoms with van der Waals surface area (Å²) >= 11 is 0. The van der Waals surface area contributed by atoms with Crippen molar-refractivity contribution in [3.8, 4) is 0 Å². The van der Waals surface area contributed by atoms with Crippen LogP contribution in [-0.4, -0.2) is 47.7 Å². The molecule has 1 aromatic rings. The molecule has 1 fully saturated rings. The second-order valence-electron chi connectivity index (χ2n) is 5.60. The van der Waals surface area contributed by atoms with E-state index in [-0.39, 0.29) is 30.3 Å². The molecule has 2 aliphatic rings. The van der Waals surface area contributed by atoms with Gasteiger partial charge in [-0.05, 0) is 26.6 Å². The molecular formula is C15H17N3O3. The van der Waals surface area contributed by atoms with Gasteiger partial charge in [0.1, 0.15) is 12.2 Å². The Morgan fingerprint density at radius 2 is 1.90 bits per heavy atom. The first-order chi connectivity index (χ1) is 10.0. The van der Waals surface area contributed by atoms with Crippen molar-refractivity contribution in [3.63, 3.8) is 0 Å². The van der Waals surface area contributed by atoms with Crippen LogP contribution in [0.5, 0.6) is 0 Å². The molecule has 6 heteroatoms. The molecule has 2 unspecified atom stereocenters. The summed E-state index contributed by atoms with van der Waals surface area (Å²) in [6.45, 7) is 0. The van der Waals surface area contributed by atoms with Crippen LogP contribution >= 0.6 is 0 Å². The van der Waals surface area contributed by atoms with Crippen molar-refractivity contribution in [3.05, 3.63) is 35.4 Å². The molecule has 2 aliphatic heterocycles. The van der Waals surface area contributed by atoms with E-state index in [1.54, 1.807) is 11.0 Å². The van der Waals surface area contributed by atoms with Crippen molar-refractivity contribution in [1.29, 1.82) is 0 Å². The second-order valence-corrected chi connectivity index (χ2v) is 5.60. The highest BCUT2D eigenvalue weighted by Gasteiger charge is 2.45. The fourth-order valence-corrected chi connectivity index (χ4v) is 3.10. The van der Waals surface area contributed by atoms with Crippen LogP contribution in [0.3, 0.4) is 0 Å². The van der Waals surface area contributed by atoms with Gasteiger partial charge in [0.25, 0.3) is 5.91 Å². The lowest BCUT2D eigenvalue weighted by Crippen LogP contribution is -2.55. The Morgan fingerprint density at radius 1 is 1.19 bits per heavy atom. The van der Waals surface area contributed by atoms with Crippen LogP contribution in [0.4, 0.5) is 0 Å². The van der Waals surface area contributed by atoms with Crippen LogP contribution < -0.4 is 5.32 Å². The number of benzene rings is 1. The molecule has 1 aromatic carbocycles. The van der Waals surface area contributed by atoms with Crippen LogP contribution in [-0.2, 0) is 9.59 Å². The third kappa shape index (κ3) is 2.12. The molecule has 0 spiro atoms. The van der Waals surface area contributed by atoms with Crippen LogP contribution in [0.2, 0.25) is 0 Å². The predicted molar refractivity (Wildman–Crippen MR) is 75.2 cm³/mol. The van der Waals surface area contributed by atoms with Crippen LogP contribution in [0.1, 0.15) is 34.9 Å². The average molecular weight is 287 g/mol. The fraction of sp³-hybridized carbons (Fsp3) is 0.400. The summed E-state index contributed by atoms with van der Waals surface area (Å²) in [5, 5.41) is 2.32. The summed E-state index contributed by atoms with van der Waals surface area (Å²) < 4.78 is 0. The number of imide groups is 1. The molecule has 0 aliphatic carbocycles. The lowest BCUT2D eigenvalue weighted by molar-refractivity contribution is -0.138. The van der Waals surface area contributed by atoms with Crippen molar-refractivity contribution in [2.45, 2.75) is 25.0 Å². The Balaban J connectivity index is 2.00. The molecule has 2 heterocycles. The average Bonchev–Trinajstić information content (AvgIpc) is 2.73. The Bertz CT molecular complexity index is 626. The minimum Gasteiger partial charge on any atom is -0.307 e. The number of piperidine rings is 1. The third-order valence-corrected chi connectivity index (χ3v) is 4.00. The van der Waals surface area contributed by atoms with Crippen molar-refractivity contribution in [2.24, 2.45) is 0 Å². The van der Waals surface area contributed by atoms with Gasteiger partial charge in [0.2, 0.25) is 11.8 Å². The Labute approximate surface area is 122 Å². The van der Waals surface area contributed by atoms with Gasteiger partial charge < -0.3 is 4.90 Å². The van der Waals surface area contributed by atoms with Crippen LogP contribution in [0, 0.1) is 0 Å². The molecule has 6 nitrogen and oxygen atoms in total. The van der Waals surface area contributed by atoms with Gasteiger partial charge >= 0.3 is 0 Å². The Hall–Kier alpha value is -2.21. The van der Waals surface area contributed by atoms with Gasteiger partial charge in [-0.15, -0.1) is 0 Å². The summed E-state index contributed by atoms with van der Waals surface area (Å²) in [6, 6.07) is 6.78. The number of hydrogen-bond donors (Lipinski definition) is 1. The minimum atomic E-state index is -0.602. The summed E-state index contributed by atoms with van der Waals surface area (Å²) in [7, 11) is 3.75.